The molecule has 0 radical (unpaired) electrons. The molecule has 0 aliphatic carbocycles. The summed E-state index contributed by atoms with van der Waals surface area (Å²) in [5.41, 5.74) is 0.627. The highest BCUT2D eigenvalue weighted by atomic mass is 32.2. The molecule has 0 saturated carbocycles. The van der Waals surface area contributed by atoms with Crippen LogP contribution in [0.4, 0.5) is 8.78 Å². The van der Waals surface area contributed by atoms with Crippen LogP contribution in [0.5, 0.6) is 5.75 Å². The minimum Gasteiger partial charge on any atom is -0.435 e. The Labute approximate surface area is 135 Å². The second-order valence-corrected chi connectivity index (χ2v) is 7.88. The molecule has 0 fully saturated rings. The van der Waals surface area contributed by atoms with E-state index in [1.807, 2.05) is 0 Å². The molecule has 0 aliphatic heterocycles. The van der Waals surface area contributed by atoms with Gasteiger partial charge in [-0.15, -0.1) is 0 Å². The first-order valence-electron chi connectivity index (χ1n) is 7.00. The average Bonchev–Trinajstić information content (AvgIpc) is 2.45. The van der Waals surface area contributed by atoms with Crippen molar-refractivity contribution in [1.82, 2.24) is 4.90 Å². The summed E-state index contributed by atoms with van der Waals surface area (Å²) in [6, 6.07) is 5.29. The van der Waals surface area contributed by atoms with Gasteiger partial charge in [0.2, 0.25) is 5.91 Å². The Morgan fingerprint density at radius 1 is 1.22 bits per heavy atom. The zero-order valence-corrected chi connectivity index (χ0v) is 14.3. The summed E-state index contributed by atoms with van der Waals surface area (Å²) in [6.07, 6.45) is 1.18. The summed E-state index contributed by atoms with van der Waals surface area (Å²) >= 11 is 0. The molecule has 5 nitrogen and oxygen atoms in total. The molecule has 0 bridgehead atoms. The molecule has 8 heteroatoms. The molecule has 2 atom stereocenters. The van der Waals surface area contributed by atoms with Crippen LogP contribution in [0.1, 0.15) is 19.4 Å². The Kier molecular flexibility index (Phi) is 6.49. The number of rotatable bonds is 7. The van der Waals surface area contributed by atoms with Crippen molar-refractivity contribution >= 4 is 15.7 Å². The minimum absolute atomic E-state index is 0.0172. The quantitative estimate of drug-likeness (QED) is 0.756. The van der Waals surface area contributed by atoms with Gasteiger partial charge in [0.05, 0.1) is 11.7 Å². The fourth-order valence-electron chi connectivity index (χ4n) is 1.99. The zero-order chi connectivity index (χ0) is 17.8. The third-order valence-corrected chi connectivity index (χ3v) is 5.61. The molecule has 0 aromatic heterocycles. The van der Waals surface area contributed by atoms with Gasteiger partial charge in [-0.05, 0) is 31.5 Å². The summed E-state index contributed by atoms with van der Waals surface area (Å²) in [6.45, 7) is 0.329. The number of sulfone groups is 1. The normalized spacial score (nSPS) is 14.4. The maximum Gasteiger partial charge on any atom is 0.387 e. The van der Waals surface area contributed by atoms with E-state index >= 15 is 0 Å². The van der Waals surface area contributed by atoms with Gasteiger partial charge in [-0.2, -0.15) is 8.78 Å². The van der Waals surface area contributed by atoms with E-state index in [0.29, 0.717) is 5.56 Å². The highest BCUT2D eigenvalue weighted by molar-refractivity contribution is 7.91. The Morgan fingerprint density at radius 3 is 2.17 bits per heavy atom. The van der Waals surface area contributed by atoms with E-state index in [0.717, 1.165) is 6.26 Å². The van der Waals surface area contributed by atoms with Crippen LogP contribution in [0, 0.1) is 0 Å². The van der Waals surface area contributed by atoms with Crippen LogP contribution in [0.2, 0.25) is 0 Å². The molecular weight excluding hydrogens is 328 g/mol. The molecule has 2 unspecified atom stereocenters. The van der Waals surface area contributed by atoms with Gasteiger partial charge in [0.25, 0.3) is 0 Å². The lowest BCUT2D eigenvalue weighted by Gasteiger charge is -2.29. The SMILES string of the molecule is CC(C(C)S(C)(=O)=O)N(C)C(=O)Cc1ccc(OC(F)F)cc1. The van der Waals surface area contributed by atoms with Crippen molar-refractivity contribution in [2.45, 2.75) is 38.2 Å². The lowest BCUT2D eigenvalue weighted by molar-refractivity contribution is -0.130. The van der Waals surface area contributed by atoms with E-state index in [1.54, 1.807) is 20.9 Å². The number of carbonyl (C=O) groups excluding carboxylic acids is 1. The van der Waals surface area contributed by atoms with Gasteiger partial charge in [0, 0.05) is 19.3 Å². The average molecular weight is 349 g/mol. The van der Waals surface area contributed by atoms with Crippen molar-refractivity contribution < 1.29 is 26.7 Å². The van der Waals surface area contributed by atoms with Gasteiger partial charge >= 0.3 is 6.61 Å². The number of carbonyl (C=O) groups is 1. The molecule has 0 saturated heterocycles. The number of nitrogens with zero attached hydrogens (tertiary/aromatic N) is 1. The Balaban J connectivity index is 2.71. The minimum atomic E-state index is -3.25. The smallest absolute Gasteiger partial charge is 0.387 e. The molecule has 23 heavy (non-hydrogen) atoms. The Hall–Kier alpha value is -1.70. The highest BCUT2D eigenvalue weighted by Gasteiger charge is 2.27. The maximum atomic E-state index is 12.2. The number of hydrogen-bond acceptors (Lipinski definition) is 4. The molecular formula is C15H21F2NO4S. The topological polar surface area (TPSA) is 63.7 Å². The van der Waals surface area contributed by atoms with Crippen LogP contribution in [-0.4, -0.2) is 50.4 Å². The highest BCUT2D eigenvalue weighted by Crippen LogP contribution is 2.16. The monoisotopic (exact) mass is 349 g/mol. The maximum absolute atomic E-state index is 12.2. The standard InChI is InChI=1S/C15H21F2NO4S/c1-10(11(2)23(4,20)21)18(3)14(19)9-12-5-7-13(8-6-12)22-15(16)17/h5-8,10-11,15H,9H2,1-4H3. The first-order chi connectivity index (χ1) is 10.5. The third kappa shape index (κ3) is 5.78. The molecule has 1 aromatic rings. The number of benzene rings is 1. The lowest BCUT2D eigenvalue weighted by Crippen LogP contribution is -2.45. The summed E-state index contributed by atoms with van der Waals surface area (Å²) in [4.78, 5) is 13.6. The lowest BCUT2D eigenvalue weighted by atomic mass is 10.1. The van der Waals surface area contributed by atoms with Gasteiger partial charge in [-0.1, -0.05) is 12.1 Å². The molecule has 0 heterocycles. The number of ether oxygens (including phenoxy) is 1. The van der Waals surface area contributed by atoms with Crippen LogP contribution < -0.4 is 4.74 Å². The van der Waals surface area contributed by atoms with E-state index in [1.165, 1.54) is 29.2 Å². The van der Waals surface area contributed by atoms with Crippen molar-refractivity contribution in [3.05, 3.63) is 29.8 Å². The fourth-order valence-corrected chi connectivity index (χ4v) is 2.89. The predicted octanol–water partition coefficient (Wildman–Crippen LogP) is 2.11. The summed E-state index contributed by atoms with van der Waals surface area (Å²) in [5, 5.41) is -0.682. The number of hydrogen-bond donors (Lipinski definition) is 0. The number of likely N-dealkylation sites (N-methyl/N-ethyl adjacent to an activating group) is 1. The first kappa shape index (κ1) is 19.3. The second kappa shape index (κ2) is 7.72. The van der Waals surface area contributed by atoms with E-state index in [4.69, 9.17) is 0 Å². The number of amides is 1. The predicted molar refractivity (Wildman–Crippen MR) is 83.3 cm³/mol. The molecule has 130 valence electrons. The van der Waals surface area contributed by atoms with E-state index in [9.17, 15) is 22.0 Å². The van der Waals surface area contributed by atoms with Crippen molar-refractivity contribution in [1.29, 1.82) is 0 Å². The van der Waals surface area contributed by atoms with Crippen LogP contribution >= 0.6 is 0 Å². The van der Waals surface area contributed by atoms with E-state index in [2.05, 4.69) is 4.74 Å². The van der Waals surface area contributed by atoms with Crippen molar-refractivity contribution in [2.75, 3.05) is 13.3 Å². The van der Waals surface area contributed by atoms with Gasteiger partial charge in [0.1, 0.15) is 5.75 Å². The summed E-state index contributed by atoms with van der Waals surface area (Å²) in [7, 11) is -1.71. The Bertz CT molecular complexity index is 631. The van der Waals surface area contributed by atoms with Gasteiger partial charge in [-0.3, -0.25) is 4.79 Å². The first-order valence-corrected chi connectivity index (χ1v) is 8.96. The van der Waals surface area contributed by atoms with Crippen molar-refractivity contribution in [3.63, 3.8) is 0 Å². The zero-order valence-electron chi connectivity index (χ0n) is 13.5. The molecule has 0 aliphatic rings. The fraction of sp³-hybridized carbons (Fsp3) is 0.533. The number of halogens is 2. The molecule has 1 aromatic carbocycles. The molecule has 0 N–H and O–H groups in total. The largest absolute Gasteiger partial charge is 0.435 e. The molecule has 1 amide bonds. The van der Waals surface area contributed by atoms with E-state index in [-0.39, 0.29) is 18.1 Å². The molecule has 0 spiro atoms. The van der Waals surface area contributed by atoms with Crippen LogP contribution in [0.25, 0.3) is 0 Å². The van der Waals surface area contributed by atoms with Crippen LogP contribution in [0.15, 0.2) is 24.3 Å². The third-order valence-electron chi connectivity index (χ3n) is 3.86. The summed E-state index contributed by atoms with van der Waals surface area (Å²) < 4.78 is 51.5. The van der Waals surface area contributed by atoms with Crippen LogP contribution in [-0.2, 0) is 21.1 Å². The van der Waals surface area contributed by atoms with Gasteiger partial charge in [0.15, 0.2) is 9.84 Å². The van der Waals surface area contributed by atoms with Crippen LogP contribution in [0.3, 0.4) is 0 Å². The number of alkyl halides is 2. The second-order valence-electron chi connectivity index (χ2n) is 5.48. The van der Waals surface area contributed by atoms with Crippen molar-refractivity contribution in [3.8, 4) is 5.75 Å². The Morgan fingerprint density at radius 2 is 1.74 bits per heavy atom. The molecule has 1 rings (SSSR count). The summed E-state index contributed by atoms with van der Waals surface area (Å²) in [5.74, 6) is -0.237. The van der Waals surface area contributed by atoms with Gasteiger partial charge in [-0.25, -0.2) is 8.42 Å². The van der Waals surface area contributed by atoms with Crippen molar-refractivity contribution in [2.24, 2.45) is 0 Å². The van der Waals surface area contributed by atoms with Gasteiger partial charge < -0.3 is 9.64 Å². The van der Waals surface area contributed by atoms with E-state index < -0.39 is 27.7 Å².